The summed E-state index contributed by atoms with van der Waals surface area (Å²) in [5.74, 6) is 0. The van der Waals surface area contributed by atoms with Crippen molar-refractivity contribution in [1.29, 1.82) is 0 Å². The third-order valence-corrected chi connectivity index (χ3v) is 4.96. The Balaban J connectivity index is 1.92. The van der Waals surface area contributed by atoms with Crippen molar-refractivity contribution in [2.75, 3.05) is 13.2 Å². The summed E-state index contributed by atoms with van der Waals surface area (Å²) in [6.07, 6.45) is 0.600. The zero-order valence-corrected chi connectivity index (χ0v) is 12.4. The Kier molecular flexibility index (Phi) is 3.79. The predicted molar refractivity (Wildman–Crippen MR) is 77.5 cm³/mol. The first-order valence-electron chi connectivity index (χ1n) is 5.86. The molecule has 1 aromatic heterocycles. The van der Waals surface area contributed by atoms with E-state index in [1.165, 1.54) is 0 Å². The monoisotopic (exact) mass is 338 g/mol. The summed E-state index contributed by atoms with van der Waals surface area (Å²) in [6, 6.07) is 9.55. The van der Waals surface area contributed by atoms with Crippen LogP contribution in [0.1, 0.15) is 21.5 Å². The second-order valence-corrected chi connectivity index (χ2v) is 6.08. The number of hydrogen-bond donors (Lipinski definition) is 0. The third kappa shape index (κ3) is 2.65. The molecule has 0 amide bonds. The molecule has 0 spiro atoms. The fourth-order valence-electron chi connectivity index (χ4n) is 1.94. The molecular formula is C14H11BrO3S. The Morgan fingerprint density at radius 3 is 2.53 bits per heavy atom. The molecule has 98 valence electrons. The van der Waals surface area contributed by atoms with Gasteiger partial charge in [0.25, 0.3) is 0 Å². The lowest BCUT2D eigenvalue weighted by Gasteiger charge is -2.04. The molecule has 1 aliphatic heterocycles. The molecule has 1 aromatic carbocycles. The molecule has 1 saturated heterocycles. The van der Waals surface area contributed by atoms with E-state index in [0.29, 0.717) is 18.8 Å². The number of carbonyl (C=O) groups excluding carboxylic acids is 1. The summed E-state index contributed by atoms with van der Waals surface area (Å²) < 4.78 is 12.0. The van der Waals surface area contributed by atoms with Crippen LogP contribution in [0.2, 0.25) is 0 Å². The van der Waals surface area contributed by atoms with Crippen molar-refractivity contribution >= 4 is 33.6 Å². The first-order valence-corrected chi connectivity index (χ1v) is 7.47. The van der Waals surface area contributed by atoms with Crippen molar-refractivity contribution < 1.29 is 14.3 Å². The number of thiophene rings is 1. The van der Waals surface area contributed by atoms with E-state index in [-0.39, 0.29) is 6.29 Å². The highest BCUT2D eigenvalue weighted by Gasteiger charge is 2.22. The van der Waals surface area contributed by atoms with E-state index in [1.54, 1.807) is 11.3 Å². The van der Waals surface area contributed by atoms with Gasteiger partial charge in [0, 0.05) is 14.9 Å². The highest BCUT2D eigenvalue weighted by Crippen LogP contribution is 2.40. The summed E-state index contributed by atoms with van der Waals surface area (Å²) >= 11 is 5.20. The molecule has 0 N–H and O–H groups in total. The topological polar surface area (TPSA) is 35.5 Å². The second kappa shape index (κ2) is 5.54. The van der Waals surface area contributed by atoms with Crippen LogP contribution < -0.4 is 0 Å². The molecular weight excluding hydrogens is 328 g/mol. The Morgan fingerprint density at radius 1 is 1.21 bits per heavy atom. The molecule has 2 aromatic rings. The first kappa shape index (κ1) is 13.0. The maximum atomic E-state index is 10.7. The standard InChI is InChI=1S/C14H11BrO3S/c15-11-7-12(14-17-5-6-18-14)19-13(11)10-3-1-9(8-16)2-4-10/h1-4,7-8,14H,5-6H2. The van der Waals surface area contributed by atoms with Crippen molar-refractivity contribution in [3.05, 3.63) is 45.2 Å². The molecule has 5 heteroatoms. The minimum Gasteiger partial charge on any atom is -0.345 e. The number of halogens is 1. The van der Waals surface area contributed by atoms with Gasteiger partial charge in [-0.05, 0) is 27.6 Å². The number of aldehydes is 1. The molecule has 19 heavy (non-hydrogen) atoms. The summed E-state index contributed by atoms with van der Waals surface area (Å²) in [5, 5.41) is 0. The Bertz CT molecular complexity index is 585. The van der Waals surface area contributed by atoms with Crippen LogP contribution in [0.4, 0.5) is 0 Å². The van der Waals surface area contributed by atoms with E-state index < -0.39 is 0 Å². The average molecular weight is 339 g/mol. The minimum atomic E-state index is -0.246. The van der Waals surface area contributed by atoms with Gasteiger partial charge < -0.3 is 9.47 Å². The maximum Gasteiger partial charge on any atom is 0.193 e. The fraction of sp³-hybridized carbons (Fsp3) is 0.214. The summed E-state index contributed by atoms with van der Waals surface area (Å²) in [6.45, 7) is 1.28. The summed E-state index contributed by atoms with van der Waals surface area (Å²) in [4.78, 5) is 12.8. The number of carbonyl (C=O) groups is 1. The molecule has 3 nitrogen and oxygen atoms in total. The van der Waals surface area contributed by atoms with E-state index in [4.69, 9.17) is 9.47 Å². The van der Waals surface area contributed by atoms with E-state index in [2.05, 4.69) is 15.9 Å². The van der Waals surface area contributed by atoms with Crippen molar-refractivity contribution in [3.8, 4) is 10.4 Å². The summed E-state index contributed by atoms with van der Waals surface area (Å²) in [7, 11) is 0. The van der Waals surface area contributed by atoms with Gasteiger partial charge >= 0.3 is 0 Å². The molecule has 1 aliphatic rings. The molecule has 0 radical (unpaired) electrons. The number of benzene rings is 1. The van der Waals surface area contributed by atoms with Gasteiger partial charge in [-0.25, -0.2) is 0 Å². The molecule has 0 bridgehead atoms. The van der Waals surface area contributed by atoms with Gasteiger partial charge in [0.1, 0.15) is 6.29 Å². The molecule has 0 atom stereocenters. The van der Waals surface area contributed by atoms with Crippen LogP contribution in [0.25, 0.3) is 10.4 Å². The molecule has 3 rings (SSSR count). The lowest BCUT2D eigenvalue weighted by molar-refractivity contribution is -0.0413. The van der Waals surface area contributed by atoms with Gasteiger partial charge in [0.2, 0.25) is 0 Å². The minimum absolute atomic E-state index is 0.246. The smallest absolute Gasteiger partial charge is 0.193 e. The molecule has 1 fully saturated rings. The predicted octanol–water partition coefficient (Wildman–Crippen LogP) is 4.04. The van der Waals surface area contributed by atoms with E-state index in [1.807, 2.05) is 30.3 Å². The normalized spacial score (nSPS) is 15.8. The Morgan fingerprint density at radius 2 is 1.89 bits per heavy atom. The first-order chi connectivity index (χ1) is 9.28. The van der Waals surface area contributed by atoms with Crippen LogP contribution in [0.3, 0.4) is 0 Å². The van der Waals surface area contributed by atoms with Crippen LogP contribution in [0.15, 0.2) is 34.8 Å². The van der Waals surface area contributed by atoms with Gasteiger partial charge in [0.15, 0.2) is 6.29 Å². The maximum absolute atomic E-state index is 10.7. The zero-order chi connectivity index (χ0) is 13.2. The average Bonchev–Trinajstić information content (AvgIpc) is 3.08. The fourth-order valence-corrected chi connectivity index (χ4v) is 3.86. The molecule has 2 heterocycles. The van der Waals surface area contributed by atoms with Crippen molar-refractivity contribution in [3.63, 3.8) is 0 Å². The van der Waals surface area contributed by atoms with Crippen LogP contribution in [0.5, 0.6) is 0 Å². The molecule has 0 aliphatic carbocycles. The quantitative estimate of drug-likeness (QED) is 0.792. The van der Waals surface area contributed by atoms with Crippen LogP contribution in [0, 0.1) is 0 Å². The highest BCUT2D eigenvalue weighted by atomic mass is 79.9. The van der Waals surface area contributed by atoms with Gasteiger partial charge in [-0.1, -0.05) is 24.3 Å². The van der Waals surface area contributed by atoms with E-state index in [9.17, 15) is 4.79 Å². The van der Waals surface area contributed by atoms with E-state index >= 15 is 0 Å². The second-order valence-electron chi connectivity index (χ2n) is 4.14. The Hall–Kier alpha value is -1.01. The number of rotatable bonds is 3. The van der Waals surface area contributed by atoms with Gasteiger partial charge in [0.05, 0.1) is 18.1 Å². The zero-order valence-electron chi connectivity index (χ0n) is 9.97. The van der Waals surface area contributed by atoms with Gasteiger partial charge in [-0.15, -0.1) is 11.3 Å². The van der Waals surface area contributed by atoms with E-state index in [0.717, 1.165) is 26.1 Å². The van der Waals surface area contributed by atoms with Crippen LogP contribution in [-0.2, 0) is 9.47 Å². The lowest BCUT2D eigenvalue weighted by atomic mass is 10.1. The van der Waals surface area contributed by atoms with Gasteiger partial charge in [-0.3, -0.25) is 4.79 Å². The van der Waals surface area contributed by atoms with Gasteiger partial charge in [-0.2, -0.15) is 0 Å². The number of hydrogen-bond acceptors (Lipinski definition) is 4. The summed E-state index contributed by atoms with van der Waals surface area (Å²) in [5.41, 5.74) is 1.76. The van der Waals surface area contributed by atoms with Crippen LogP contribution >= 0.6 is 27.3 Å². The van der Waals surface area contributed by atoms with Crippen molar-refractivity contribution in [2.24, 2.45) is 0 Å². The lowest BCUT2D eigenvalue weighted by Crippen LogP contribution is -1.93. The van der Waals surface area contributed by atoms with Crippen LogP contribution in [-0.4, -0.2) is 19.5 Å². The largest absolute Gasteiger partial charge is 0.345 e. The third-order valence-electron chi connectivity index (χ3n) is 2.87. The SMILES string of the molecule is O=Cc1ccc(-c2sc(C3OCCO3)cc2Br)cc1. The molecule has 0 unspecified atom stereocenters. The Labute approximate surface area is 123 Å². The number of ether oxygens (including phenoxy) is 2. The highest BCUT2D eigenvalue weighted by molar-refractivity contribution is 9.10. The van der Waals surface area contributed by atoms with Crippen molar-refractivity contribution in [1.82, 2.24) is 0 Å². The molecule has 0 saturated carbocycles. The van der Waals surface area contributed by atoms with Crippen molar-refractivity contribution in [2.45, 2.75) is 6.29 Å².